The number of nitrogens with zero attached hydrogens (tertiary/aromatic N) is 1. The lowest BCUT2D eigenvalue weighted by atomic mass is 9.93. The summed E-state index contributed by atoms with van der Waals surface area (Å²) in [6.07, 6.45) is 2.62. The minimum Gasteiger partial charge on any atom is -0.490 e. The molecule has 0 unspecified atom stereocenters. The van der Waals surface area contributed by atoms with Crippen LogP contribution < -0.4 is 15.0 Å². The van der Waals surface area contributed by atoms with E-state index in [9.17, 15) is 9.59 Å². The molecule has 0 bridgehead atoms. The quantitative estimate of drug-likeness (QED) is 0.783. The Morgan fingerprint density at radius 2 is 1.96 bits per heavy atom. The number of benzene rings is 2. The summed E-state index contributed by atoms with van der Waals surface area (Å²) in [5.74, 6) is 0.370. The predicted molar refractivity (Wildman–Crippen MR) is 112 cm³/mol. The number of aryl methyl sites for hydroxylation is 1. The highest BCUT2D eigenvalue weighted by Crippen LogP contribution is 2.38. The fourth-order valence-electron chi connectivity index (χ4n) is 3.13. The van der Waals surface area contributed by atoms with Crippen molar-refractivity contribution in [2.45, 2.75) is 27.2 Å². The number of carbonyl (C=O) groups is 2. The van der Waals surface area contributed by atoms with E-state index in [0.717, 1.165) is 6.42 Å². The van der Waals surface area contributed by atoms with Crippen LogP contribution in [0, 0.1) is 5.41 Å². The number of nitrogens with one attached hydrogen (secondary N) is 1. The normalized spacial score (nSPS) is 15.2. The van der Waals surface area contributed by atoms with Crippen molar-refractivity contribution in [1.29, 1.82) is 0 Å². The number of anilines is 2. The molecule has 1 N–H and O–H groups in total. The molecule has 1 heterocycles. The van der Waals surface area contributed by atoms with E-state index in [1.54, 1.807) is 29.2 Å². The highest BCUT2D eigenvalue weighted by molar-refractivity contribution is 6.05. The first-order valence-corrected chi connectivity index (χ1v) is 9.45. The Morgan fingerprint density at radius 1 is 1.25 bits per heavy atom. The molecule has 0 saturated carbocycles. The van der Waals surface area contributed by atoms with Gasteiger partial charge in [0.25, 0.3) is 5.91 Å². The van der Waals surface area contributed by atoms with Crippen LogP contribution in [0.3, 0.4) is 0 Å². The molecule has 2 amide bonds. The highest BCUT2D eigenvalue weighted by Gasteiger charge is 2.37. The van der Waals surface area contributed by atoms with Gasteiger partial charge in [-0.05, 0) is 50.1 Å². The maximum Gasteiger partial charge on any atom is 0.255 e. The van der Waals surface area contributed by atoms with Gasteiger partial charge in [-0.2, -0.15) is 0 Å². The van der Waals surface area contributed by atoms with E-state index in [1.165, 1.54) is 5.56 Å². The second-order valence-corrected chi connectivity index (χ2v) is 7.56. The van der Waals surface area contributed by atoms with Gasteiger partial charge in [0.1, 0.15) is 12.4 Å². The van der Waals surface area contributed by atoms with Gasteiger partial charge in [-0.15, -0.1) is 6.58 Å². The summed E-state index contributed by atoms with van der Waals surface area (Å²) in [6, 6.07) is 12.9. The number of amides is 2. The third kappa shape index (κ3) is 3.93. The zero-order valence-corrected chi connectivity index (χ0v) is 16.6. The van der Waals surface area contributed by atoms with Crippen LogP contribution in [0.15, 0.2) is 55.1 Å². The molecule has 0 aliphatic carbocycles. The van der Waals surface area contributed by atoms with Gasteiger partial charge in [0, 0.05) is 23.9 Å². The topological polar surface area (TPSA) is 58.6 Å². The maximum absolute atomic E-state index is 12.8. The Morgan fingerprint density at radius 3 is 2.61 bits per heavy atom. The number of ether oxygens (including phenoxy) is 1. The van der Waals surface area contributed by atoms with Crippen LogP contribution in [0.1, 0.15) is 36.7 Å². The van der Waals surface area contributed by atoms with E-state index in [4.69, 9.17) is 4.74 Å². The van der Waals surface area contributed by atoms with E-state index in [-0.39, 0.29) is 18.4 Å². The lowest BCUT2D eigenvalue weighted by Crippen LogP contribution is -2.42. The second-order valence-electron chi connectivity index (χ2n) is 7.56. The Kier molecular flexibility index (Phi) is 5.54. The first-order valence-electron chi connectivity index (χ1n) is 9.45. The van der Waals surface area contributed by atoms with Crippen molar-refractivity contribution in [1.82, 2.24) is 0 Å². The fourth-order valence-corrected chi connectivity index (χ4v) is 3.13. The van der Waals surface area contributed by atoms with Crippen LogP contribution in [-0.4, -0.2) is 25.0 Å². The number of fused-ring (bicyclic) bond motifs is 1. The first kappa shape index (κ1) is 19.7. The minimum atomic E-state index is -0.646. The SMILES string of the molecule is C=CCN1C(=O)C(C)(C)COc2cc(NC(=O)c3ccc(CC)cc3)ccc21. The molecule has 1 aliphatic rings. The van der Waals surface area contributed by atoms with E-state index in [0.29, 0.717) is 29.2 Å². The molecule has 2 aromatic carbocycles. The molecule has 0 radical (unpaired) electrons. The Hall–Kier alpha value is -3.08. The molecule has 2 aromatic rings. The van der Waals surface area contributed by atoms with Crippen molar-refractivity contribution in [2.75, 3.05) is 23.4 Å². The van der Waals surface area contributed by atoms with Gasteiger partial charge in [0.15, 0.2) is 0 Å². The van der Waals surface area contributed by atoms with E-state index < -0.39 is 5.41 Å². The average Bonchev–Trinajstić information content (AvgIpc) is 2.78. The van der Waals surface area contributed by atoms with Crippen LogP contribution >= 0.6 is 0 Å². The number of hydrogen-bond donors (Lipinski definition) is 1. The largest absolute Gasteiger partial charge is 0.490 e. The summed E-state index contributed by atoms with van der Waals surface area (Å²) in [5, 5.41) is 2.90. The summed E-state index contributed by atoms with van der Waals surface area (Å²) >= 11 is 0. The van der Waals surface area contributed by atoms with Gasteiger partial charge >= 0.3 is 0 Å². The molecule has 0 spiro atoms. The Labute approximate surface area is 166 Å². The van der Waals surface area contributed by atoms with Gasteiger partial charge in [-0.1, -0.05) is 25.1 Å². The Bertz CT molecular complexity index is 901. The second kappa shape index (κ2) is 7.89. The van der Waals surface area contributed by atoms with Crippen molar-refractivity contribution in [3.8, 4) is 5.75 Å². The number of rotatable bonds is 5. The van der Waals surface area contributed by atoms with Crippen molar-refractivity contribution in [2.24, 2.45) is 5.41 Å². The van der Waals surface area contributed by atoms with Crippen LogP contribution in [0.25, 0.3) is 0 Å². The van der Waals surface area contributed by atoms with Gasteiger partial charge < -0.3 is 15.0 Å². The van der Waals surface area contributed by atoms with Gasteiger partial charge in [-0.3, -0.25) is 9.59 Å². The van der Waals surface area contributed by atoms with Gasteiger partial charge in [0.05, 0.1) is 11.1 Å². The Balaban J connectivity index is 1.86. The van der Waals surface area contributed by atoms with E-state index in [1.807, 2.05) is 38.1 Å². The lowest BCUT2D eigenvalue weighted by molar-refractivity contribution is -0.127. The molecular formula is C23H26N2O3. The maximum atomic E-state index is 12.8. The molecule has 1 aliphatic heterocycles. The number of carbonyl (C=O) groups excluding carboxylic acids is 2. The molecule has 5 nitrogen and oxygen atoms in total. The summed E-state index contributed by atoms with van der Waals surface area (Å²) in [6.45, 7) is 10.2. The van der Waals surface area contributed by atoms with E-state index in [2.05, 4.69) is 18.8 Å². The molecule has 3 rings (SSSR count). The van der Waals surface area contributed by atoms with Crippen LogP contribution in [-0.2, 0) is 11.2 Å². The molecule has 0 aromatic heterocycles. The van der Waals surface area contributed by atoms with Crippen LogP contribution in [0.4, 0.5) is 11.4 Å². The van der Waals surface area contributed by atoms with Gasteiger partial charge in [0.2, 0.25) is 5.91 Å². The first-order chi connectivity index (χ1) is 13.4. The monoisotopic (exact) mass is 378 g/mol. The molecule has 5 heteroatoms. The smallest absolute Gasteiger partial charge is 0.255 e. The third-order valence-electron chi connectivity index (χ3n) is 4.86. The van der Waals surface area contributed by atoms with Crippen molar-refractivity contribution in [3.05, 3.63) is 66.2 Å². The predicted octanol–water partition coefficient (Wildman–Crippen LogP) is 4.44. The summed E-state index contributed by atoms with van der Waals surface area (Å²) in [7, 11) is 0. The van der Waals surface area contributed by atoms with E-state index >= 15 is 0 Å². The zero-order valence-electron chi connectivity index (χ0n) is 16.6. The van der Waals surface area contributed by atoms with Crippen LogP contribution in [0.2, 0.25) is 0 Å². The molecular weight excluding hydrogens is 352 g/mol. The molecule has 0 fully saturated rings. The van der Waals surface area contributed by atoms with Crippen LogP contribution in [0.5, 0.6) is 5.75 Å². The fraction of sp³-hybridized carbons (Fsp3) is 0.304. The number of hydrogen-bond acceptors (Lipinski definition) is 3. The zero-order chi connectivity index (χ0) is 20.3. The lowest BCUT2D eigenvalue weighted by Gasteiger charge is -2.27. The molecule has 0 saturated heterocycles. The third-order valence-corrected chi connectivity index (χ3v) is 4.86. The minimum absolute atomic E-state index is 0.0149. The summed E-state index contributed by atoms with van der Waals surface area (Å²) in [4.78, 5) is 27.1. The van der Waals surface area contributed by atoms with Gasteiger partial charge in [-0.25, -0.2) is 0 Å². The van der Waals surface area contributed by atoms with Crippen molar-refractivity contribution in [3.63, 3.8) is 0 Å². The molecule has 146 valence electrons. The molecule has 28 heavy (non-hydrogen) atoms. The highest BCUT2D eigenvalue weighted by atomic mass is 16.5. The summed E-state index contributed by atoms with van der Waals surface area (Å²) in [5.41, 5.74) is 2.43. The average molecular weight is 378 g/mol. The molecule has 0 atom stereocenters. The van der Waals surface area contributed by atoms with Crippen molar-refractivity contribution < 1.29 is 14.3 Å². The standard InChI is InChI=1S/C23H26N2O3/c1-5-13-25-19-12-11-18(14-20(19)28-15-23(3,4)22(25)27)24-21(26)17-9-7-16(6-2)8-10-17/h5,7-12,14H,1,6,13,15H2,2-4H3,(H,24,26). The summed E-state index contributed by atoms with van der Waals surface area (Å²) < 4.78 is 5.92. The van der Waals surface area contributed by atoms with Crippen molar-refractivity contribution >= 4 is 23.2 Å².